The Bertz CT molecular complexity index is 366. The highest BCUT2D eigenvalue weighted by molar-refractivity contribution is 5.31. The van der Waals surface area contributed by atoms with Crippen LogP contribution in [0.3, 0.4) is 0 Å². The predicted octanol–water partition coefficient (Wildman–Crippen LogP) is 4.33. The molecule has 24 heavy (non-hydrogen) atoms. The normalized spacial score (nSPS) is 13.5. The van der Waals surface area contributed by atoms with Crippen molar-refractivity contribution in [2.45, 2.75) is 77.4 Å². The first kappa shape index (κ1) is 20.8. The SMILES string of the molecule is CCCC(CCCO)Oc1ccc(OC(CCC)CCCO)cc1. The van der Waals surface area contributed by atoms with Crippen molar-refractivity contribution >= 4 is 0 Å². The van der Waals surface area contributed by atoms with Crippen LogP contribution in [0.4, 0.5) is 0 Å². The average molecular weight is 338 g/mol. The molecule has 0 aliphatic carbocycles. The average Bonchev–Trinajstić information content (AvgIpc) is 2.59. The Balaban J connectivity index is 2.56. The maximum atomic E-state index is 8.99. The van der Waals surface area contributed by atoms with E-state index < -0.39 is 0 Å². The lowest BCUT2D eigenvalue weighted by molar-refractivity contribution is 0.158. The molecule has 0 aliphatic heterocycles. The fraction of sp³-hybridized carbons (Fsp3) is 0.700. The Labute approximate surface area is 146 Å². The molecule has 0 saturated carbocycles. The number of benzene rings is 1. The van der Waals surface area contributed by atoms with Crippen molar-refractivity contribution in [3.05, 3.63) is 24.3 Å². The summed E-state index contributed by atoms with van der Waals surface area (Å²) in [5, 5.41) is 18.0. The van der Waals surface area contributed by atoms with Gasteiger partial charge in [0.25, 0.3) is 0 Å². The van der Waals surface area contributed by atoms with Gasteiger partial charge < -0.3 is 19.7 Å². The van der Waals surface area contributed by atoms with E-state index >= 15 is 0 Å². The molecular formula is C20H34O4. The molecule has 0 radical (unpaired) electrons. The second-order valence-corrected chi connectivity index (χ2v) is 6.26. The van der Waals surface area contributed by atoms with Gasteiger partial charge in [0.15, 0.2) is 0 Å². The van der Waals surface area contributed by atoms with E-state index in [0.29, 0.717) is 0 Å². The summed E-state index contributed by atoms with van der Waals surface area (Å²) in [5.41, 5.74) is 0. The minimum absolute atomic E-state index is 0.159. The molecule has 0 spiro atoms. The molecule has 1 aromatic carbocycles. The van der Waals surface area contributed by atoms with Gasteiger partial charge in [-0.2, -0.15) is 0 Å². The smallest absolute Gasteiger partial charge is 0.119 e. The van der Waals surface area contributed by atoms with Gasteiger partial charge in [-0.3, -0.25) is 0 Å². The molecule has 2 unspecified atom stereocenters. The van der Waals surface area contributed by atoms with Crippen molar-refractivity contribution in [2.75, 3.05) is 13.2 Å². The molecular weight excluding hydrogens is 304 g/mol. The summed E-state index contributed by atoms with van der Waals surface area (Å²) in [6.45, 7) is 4.71. The van der Waals surface area contributed by atoms with Gasteiger partial charge in [-0.25, -0.2) is 0 Å². The van der Waals surface area contributed by atoms with E-state index in [-0.39, 0.29) is 25.4 Å². The van der Waals surface area contributed by atoms with Crippen molar-refractivity contribution in [1.29, 1.82) is 0 Å². The van der Waals surface area contributed by atoms with Crippen LogP contribution >= 0.6 is 0 Å². The summed E-state index contributed by atoms with van der Waals surface area (Å²) in [4.78, 5) is 0. The Kier molecular flexibility index (Phi) is 11.3. The molecule has 0 bridgehead atoms. The van der Waals surface area contributed by atoms with Crippen molar-refractivity contribution in [3.63, 3.8) is 0 Å². The second-order valence-electron chi connectivity index (χ2n) is 6.26. The number of aliphatic hydroxyl groups is 2. The van der Waals surface area contributed by atoms with Crippen LogP contribution in [-0.4, -0.2) is 35.6 Å². The van der Waals surface area contributed by atoms with Gasteiger partial charge in [-0.1, -0.05) is 26.7 Å². The van der Waals surface area contributed by atoms with Crippen LogP contribution in [0.5, 0.6) is 11.5 Å². The summed E-state index contributed by atoms with van der Waals surface area (Å²) in [6.07, 6.45) is 7.75. The largest absolute Gasteiger partial charge is 0.490 e. The van der Waals surface area contributed by atoms with E-state index in [2.05, 4.69) is 13.8 Å². The summed E-state index contributed by atoms with van der Waals surface area (Å²) in [7, 11) is 0. The minimum Gasteiger partial charge on any atom is -0.490 e. The van der Waals surface area contributed by atoms with Crippen LogP contribution in [0.15, 0.2) is 24.3 Å². The monoisotopic (exact) mass is 338 g/mol. The molecule has 1 rings (SSSR count). The molecule has 1 aromatic rings. The van der Waals surface area contributed by atoms with Gasteiger partial charge in [-0.15, -0.1) is 0 Å². The van der Waals surface area contributed by atoms with E-state index in [9.17, 15) is 0 Å². The third kappa shape index (κ3) is 8.55. The maximum Gasteiger partial charge on any atom is 0.119 e. The quantitative estimate of drug-likeness (QED) is 0.530. The van der Waals surface area contributed by atoms with Crippen LogP contribution in [0.1, 0.15) is 65.2 Å². The molecule has 0 saturated heterocycles. The van der Waals surface area contributed by atoms with E-state index in [4.69, 9.17) is 19.7 Å². The molecule has 0 amide bonds. The number of hydrogen-bond acceptors (Lipinski definition) is 4. The summed E-state index contributed by atoms with van der Waals surface area (Å²) < 4.78 is 12.1. The van der Waals surface area contributed by atoms with Crippen LogP contribution in [0.2, 0.25) is 0 Å². The molecule has 0 aliphatic rings. The second kappa shape index (κ2) is 13.1. The van der Waals surface area contributed by atoms with Crippen molar-refractivity contribution < 1.29 is 19.7 Å². The van der Waals surface area contributed by atoms with Crippen LogP contribution in [-0.2, 0) is 0 Å². The highest BCUT2D eigenvalue weighted by atomic mass is 16.5. The lowest BCUT2D eigenvalue weighted by atomic mass is 10.1. The van der Waals surface area contributed by atoms with Crippen LogP contribution in [0, 0.1) is 0 Å². The number of hydrogen-bond donors (Lipinski definition) is 2. The van der Waals surface area contributed by atoms with Crippen LogP contribution in [0.25, 0.3) is 0 Å². The van der Waals surface area contributed by atoms with Crippen LogP contribution < -0.4 is 9.47 Å². The summed E-state index contributed by atoms with van der Waals surface area (Å²) in [5.74, 6) is 1.70. The fourth-order valence-corrected chi connectivity index (χ4v) is 2.79. The molecule has 2 atom stereocenters. The van der Waals surface area contributed by atoms with Gasteiger partial charge in [0.05, 0.1) is 12.2 Å². The van der Waals surface area contributed by atoms with Gasteiger partial charge in [0.1, 0.15) is 11.5 Å². The van der Waals surface area contributed by atoms with E-state index in [1.807, 2.05) is 24.3 Å². The van der Waals surface area contributed by atoms with Gasteiger partial charge in [-0.05, 0) is 62.8 Å². The minimum atomic E-state index is 0.159. The molecule has 4 heteroatoms. The van der Waals surface area contributed by atoms with Gasteiger partial charge in [0.2, 0.25) is 0 Å². The van der Waals surface area contributed by atoms with Gasteiger partial charge >= 0.3 is 0 Å². The maximum absolute atomic E-state index is 8.99. The third-order valence-corrected chi connectivity index (χ3v) is 4.02. The number of ether oxygens (including phenoxy) is 2. The van der Waals surface area contributed by atoms with Crippen molar-refractivity contribution in [2.24, 2.45) is 0 Å². The Morgan fingerprint density at radius 1 is 0.708 bits per heavy atom. The van der Waals surface area contributed by atoms with Crippen molar-refractivity contribution in [3.8, 4) is 11.5 Å². The third-order valence-electron chi connectivity index (χ3n) is 4.02. The highest BCUT2D eigenvalue weighted by Gasteiger charge is 2.11. The number of rotatable bonds is 14. The van der Waals surface area contributed by atoms with Crippen molar-refractivity contribution in [1.82, 2.24) is 0 Å². The summed E-state index contributed by atoms with van der Waals surface area (Å²) in [6, 6.07) is 7.80. The highest BCUT2D eigenvalue weighted by Crippen LogP contribution is 2.23. The first-order chi connectivity index (χ1) is 11.7. The zero-order valence-corrected chi connectivity index (χ0v) is 15.2. The summed E-state index contributed by atoms with van der Waals surface area (Å²) >= 11 is 0. The molecule has 0 fully saturated rings. The first-order valence-corrected chi connectivity index (χ1v) is 9.38. The Morgan fingerprint density at radius 3 is 1.38 bits per heavy atom. The van der Waals surface area contributed by atoms with E-state index in [0.717, 1.165) is 62.9 Å². The predicted molar refractivity (Wildman–Crippen MR) is 97.7 cm³/mol. The van der Waals surface area contributed by atoms with Gasteiger partial charge in [0, 0.05) is 13.2 Å². The first-order valence-electron chi connectivity index (χ1n) is 9.38. The topological polar surface area (TPSA) is 58.9 Å². The molecule has 4 nitrogen and oxygen atoms in total. The Hall–Kier alpha value is -1.26. The lowest BCUT2D eigenvalue weighted by Gasteiger charge is -2.20. The fourth-order valence-electron chi connectivity index (χ4n) is 2.79. The lowest BCUT2D eigenvalue weighted by Crippen LogP contribution is -2.17. The zero-order chi connectivity index (χ0) is 17.6. The van der Waals surface area contributed by atoms with E-state index in [1.54, 1.807) is 0 Å². The number of aliphatic hydroxyl groups excluding tert-OH is 2. The molecule has 138 valence electrons. The molecule has 0 heterocycles. The molecule has 0 aromatic heterocycles. The Morgan fingerprint density at radius 2 is 1.08 bits per heavy atom. The zero-order valence-electron chi connectivity index (χ0n) is 15.2. The standard InChI is InChI=1S/C20H34O4/c1-3-7-17(9-5-15-21)23-19-11-13-20(14-12-19)24-18(8-4-2)10-6-16-22/h11-14,17-18,21-22H,3-10,15-16H2,1-2H3. The van der Waals surface area contributed by atoms with E-state index in [1.165, 1.54) is 0 Å². The molecule has 2 N–H and O–H groups in total.